The van der Waals surface area contributed by atoms with Gasteiger partial charge in [-0.3, -0.25) is 9.80 Å². The summed E-state index contributed by atoms with van der Waals surface area (Å²) < 4.78 is 26.9. The molecule has 0 atom stereocenters. The largest absolute Gasteiger partial charge is 0.508 e. The third-order valence-electron chi connectivity index (χ3n) is 5.71. The Morgan fingerprint density at radius 2 is 1.26 bits per heavy atom. The van der Waals surface area contributed by atoms with Crippen LogP contribution in [-0.4, -0.2) is 47.6 Å². The van der Waals surface area contributed by atoms with E-state index in [1.807, 2.05) is 36.4 Å². The van der Waals surface area contributed by atoms with E-state index < -0.39 is 0 Å². The molecule has 5 heteroatoms. The minimum Gasteiger partial charge on any atom is -0.508 e. The summed E-state index contributed by atoms with van der Waals surface area (Å²) in [5.41, 5.74) is 3.08. The third-order valence-corrected chi connectivity index (χ3v) is 5.71. The molecule has 1 fully saturated rings. The highest BCUT2D eigenvalue weighted by molar-refractivity contribution is 5.50. The first kappa shape index (κ1) is 21.2. The quantitative estimate of drug-likeness (QED) is 0.602. The van der Waals surface area contributed by atoms with Crippen LogP contribution in [0.3, 0.4) is 0 Å². The van der Waals surface area contributed by atoms with Gasteiger partial charge in [0.25, 0.3) is 0 Å². The predicted octanol–water partition coefficient (Wildman–Crippen LogP) is 5.09. The summed E-state index contributed by atoms with van der Waals surface area (Å²) in [4.78, 5) is 4.76. The molecule has 0 aromatic heterocycles. The van der Waals surface area contributed by atoms with Gasteiger partial charge in [-0.25, -0.2) is 8.78 Å². The molecule has 1 N–H and O–H groups in total. The number of phenols is 1. The summed E-state index contributed by atoms with van der Waals surface area (Å²) in [5, 5.41) is 9.37. The van der Waals surface area contributed by atoms with Gasteiger partial charge in [0.15, 0.2) is 0 Å². The third kappa shape index (κ3) is 5.57. The number of aromatic hydroxyl groups is 1. The maximum atomic E-state index is 13.5. The molecule has 0 unspecified atom stereocenters. The lowest BCUT2D eigenvalue weighted by Crippen LogP contribution is -2.47. The van der Waals surface area contributed by atoms with Crippen LogP contribution in [0.15, 0.2) is 78.9 Å². The number of phenolic OH excluding ortho intramolecular Hbond substituents is 1. The number of halogens is 2. The fourth-order valence-electron chi connectivity index (χ4n) is 4.03. The Bertz CT molecular complexity index is 948. The highest BCUT2D eigenvalue weighted by Gasteiger charge is 2.26. The van der Waals surface area contributed by atoms with Gasteiger partial charge in [0, 0.05) is 32.7 Å². The van der Waals surface area contributed by atoms with E-state index in [4.69, 9.17) is 0 Å². The zero-order chi connectivity index (χ0) is 21.6. The normalized spacial score (nSPS) is 15.7. The van der Waals surface area contributed by atoms with Gasteiger partial charge in [-0.05, 0) is 53.1 Å². The van der Waals surface area contributed by atoms with Crippen molar-refractivity contribution in [3.63, 3.8) is 0 Å². The first-order chi connectivity index (χ1) is 15.1. The van der Waals surface area contributed by atoms with E-state index in [0.29, 0.717) is 0 Å². The van der Waals surface area contributed by atoms with E-state index in [9.17, 15) is 13.9 Å². The molecule has 1 saturated heterocycles. The predicted molar refractivity (Wildman–Crippen MR) is 120 cm³/mol. The Labute approximate surface area is 181 Å². The molecule has 0 amide bonds. The lowest BCUT2D eigenvalue weighted by Gasteiger charge is -2.39. The molecular weight excluding hydrogens is 394 g/mol. The molecule has 3 aromatic rings. The summed E-state index contributed by atoms with van der Waals surface area (Å²) in [6.07, 6.45) is 4.20. The molecule has 160 valence electrons. The minimum absolute atomic E-state index is 0.0316. The van der Waals surface area contributed by atoms with Crippen LogP contribution in [0.25, 0.3) is 6.08 Å². The molecule has 3 nitrogen and oxygen atoms in total. The number of rotatable bonds is 6. The highest BCUT2D eigenvalue weighted by Crippen LogP contribution is 2.30. The van der Waals surface area contributed by atoms with Gasteiger partial charge in [0.05, 0.1) is 6.04 Å². The van der Waals surface area contributed by atoms with E-state index >= 15 is 0 Å². The number of piperazine rings is 1. The average Bonchev–Trinajstić information content (AvgIpc) is 2.79. The van der Waals surface area contributed by atoms with Crippen molar-refractivity contribution in [3.05, 3.63) is 107 Å². The van der Waals surface area contributed by atoms with E-state index in [1.165, 1.54) is 24.3 Å². The molecule has 0 spiro atoms. The second-order valence-electron chi connectivity index (χ2n) is 7.84. The van der Waals surface area contributed by atoms with Crippen molar-refractivity contribution < 1.29 is 13.9 Å². The number of hydrogen-bond acceptors (Lipinski definition) is 3. The lowest BCUT2D eigenvalue weighted by molar-refractivity contribution is 0.118. The molecule has 4 rings (SSSR count). The van der Waals surface area contributed by atoms with Crippen molar-refractivity contribution in [2.45, 2.75) is 6.04 Å². The fourth-order valence-corrected chi connectivity index (χ4v) is 4.03. The molecule has 31 heavy (non-hydrogen) atoms. The smallest absolute Gasteiger partial charge is 0.123 e. The summed E-state index contributed by atoms with van der Waals surface area (Å²) in [5.74, 6) is -0.246. The molecule has 0 aliphatic carbocycles. The first-order valence-electron chi connectivity index (χ1n) is 10.5. The van der Waals surface area contributed by atoms with Crippen molar-refractivity contribution in [1.29, 1.82) is 0 Å². The monoisotopic (exact) mass is 420 g/mol. The Morgan fingerprint density at radius 1 is 0.742 bits per heavy atom. The molecule has 1 heterocycles. The van der Waals surface area contributed by atoms with Gasteiger partial charge < -0.3 is 5.11 Å². The van der Waals surface area contributed by atoms with Gasteiger partial charge in [0.2, 0.25) is 0 Å². The van der Waals surface area contributed by atoms with E-state index in [1.54, 1.807) is 12.1 Å². The summed E-state index contributed by atoms with van der Waals surface area (Å²) in [6.45, 7) is 4.42. The van der Waals surface area contributed by atoms with E-state index in [-0.39, 0.29) is 23.4 Å². The van der Waals surface area contributed by atoms with E-state index in [2.05, 4.69) is 22.0 Å². The van der Waals surface area contributed by atoms with Crippen molar-refractivity contribution in [2.75, 3.05) is 32.7 Å². The van der Waals surface area contributed by atoms with Crippen LogP contribution >= 0.6 is 0 Å². The maximum Gasteiger partial charge on any atom is 0.123 e. The standard InChI is InChI=1S/C26H26F2N2O/c27-23-9-5-21(6-10-23)26(22-7-11-24(28)12-8-22)30-18-16-29(17-19-30)15-1-2-20-3-13-25(31)14-4-20/h1-14,26,31H,15-19H2. The van der Waals surface area contributed by atoms with Crippen molar-refractivity contribution >= 4 is 6.08 Å². The molecule has 0 saturated carbocycles. The Hall–Kier alpha value is -3.02. The number of nitrogens with zero attached hydrogens (tertiary/aromatic N) is 2. The fraction of sp³-hybridized carbons (Fsp3) is 0.231. The van der Waals surface area contributed by atoms with Crippen LogP contribution in [0.2, 0.25) is 0 Å². The van der Waals surface area contributed by atoms with Gasteiger partial charge in [0.1, 0.15) is 17.4 Å². The average molecular weight is 421 g/mol. The molecule has 0 bridgehead atoms. The molecule has 1 aliphatic heterocycles. The SMILES string of the molecule is Oc1ccc(C=CCN2CCN(C(c3ccc(F)cc3)c3ccc(F)cc3)CC2)cc1. The van der Waals surface area contributed by atoms with Crippen LogP contribution in [0, 0.1) is 11.6 Å². The first-order valence-corrected chi connectivity index (χ1v) is 10.5. The number of benzene rings is 3. The highest BCUT2D eigenvalue weighted by atomic mass is 19.1. The van der Waals surface area contributed by atoms with Crippen molar-refractivity contribution in [3.8, 4) is 5.75 Å². The molecule has 3 aromatic carbocycles. The topological polar surface area (TPSA) is 26.7 Å². The Morgan fingerprint density at radius 3 is 1.77 bits per heavy atom. The van der Waals surface area contributed by atoms with Crippen LogP contribution < -0.4 is 0 Å². The van der Waals surface area contributed by atoms with Crippen LogP contribution in [0.1, 0.15) is 22.7 Å². The molecule has 0 radical (unpaired) electrons. The minimum atomic E-state index is -0.258. The zero-order valence-corrected chi connectivity index (χ0v) is 17.3. The maximum absolute atomic E-state index is 13.5. The van der Waals surface area contributed by atoms with Gasteiger partial charge in [-0.2, -0.15) is 0 Å². The van der Waals surface area contributed by atoms with Gasteiger partial charge in [-0.1, -0.05) is 48.6 Å². The molecule has 1 aliphatic rings. The van der Waals surface area contributed by atoms with Gasteiger partial charge in [-0.15, -0.1) is 0 Å². The van der Waals surface area contributed by atoms with Crippen LogP contribution in [0.5, 0.6) is 5.75 Å². The number of hydrogen-bond donors (Lipinski definition) is 1. The van der Waals surface area contributed by atoms with E-state index in [0.717, 1.165) is 49.4 Å². The van der Waals surface area contributed by atoms with Gasteiger partial charge >= 0.3 is 0 Å². The second-order valence-corrected chi connectivity index (χ2v) is 7.84. The van der Waals surface area contributed by atoms with Crippen molar-refractivity contribution in [2.24, 2.45) is 0 Å². The zero-order valence-electron chi connectivity index (χ0n) is 17.3. The summed E-state index contributed by atoms with van der Waals surface area (Å²) in [6, 6.07) is 20.3. The lowest BCUT2D eigenvalue weighted by atomic mass is 9.96. The summed E-state index contributed by atoms with van der Waals surface area (Å²) >= 11 is 0. The van der Waals surface area contributed by atoms with Crippen LogP contribution in [-0.2, 0) is 0 Å². The summed E-state index contributed by atoms with van der Waals surface area (Å²) in [7, 11) is 0. The van der Waals surface area contributed by atoms with Crippen molar-refractivity contribution in [1.82, 2.24) is 9.80 Å². The molecular formula is C26H26F2N2O. The Kier molecular flexibility index (Phi) is 6.75. The second kappa shape index (κ2) is 9.86. The Balaban J connectivity index is 1.42. The van der Waals surface area contributed by atoms with Crippen LogP contribution in [0.4, 0.5) is 8.78 Å².